The SMILES string of the molecule is COC(=NCC[C@@H](C)C1CC[C@H]2[C@@H]3C(OP)=C[C@@H]4C[C@H](OP)CC[C@]4(C)[C@H]3CC[C@]12C)OP. The van der Waals surface area contributed by atoms with Crippen molar-refractivity contribution < 1.29 is 18.3 Å². The molecule has 8 heteroatoms. The van der Waals surface area contributed by atoms with Crippen molar-refractivity contribution in [3.05, 3.63) is 11.8 Å². The largest absolute Gasteiger partial charge is 0.485 e. The van der Waals surface area contributed by atoms with Gasteiger partial charge < -0.3 is 18.3 Å². The fraction of sp³-hybridized carbons (Fsp3) is 0.880. The monoisotopic (exact) mass is 515 g/mol. The van der Waals surface area contributed by atoms with Gasteiger partial charge >= 0.3 is 6.08 Å². The molecule has 3 saturated carbocycles. The third kappa shape index (κ3) is 4.63. The number of fused-ring (bicyclic) bond motifs is 5. The van der Waals surface area contributed by atoms with Gasteiger partial charge in [-0.05, 0) is 97.9 Å². The van der Waals surface area contributed by atoms with E-state index in [1.807, 2.05) is 0 Å². The summed E-state index contributed by atoms with van der Waals surface area (Å²) in [7, 11) is 8.88. The molecule has 0 bridgehead atoms. The molecule has 0 aromatic heterocycles. The smallest absolute Gasteiger partial charge is 0.385 e. The maximum Gasteiger partial charge on any atom is 0.385 e. The third-order valence-corrected chi connectivity index (χ3v) is 11.2. The van der Waals surface area contributed by atoms with Crippen molar-refractivity contribution in [3.8, 4) is 0 Å². The summed E-state index contributed by atoms with van der Waals surface area (Å²) in [6, 6.07) is 0. The second-order valence-electron chi connectivity index (χ2n) is 11.5. The molecule has 4 aliphatic carbocycles. The standard InChI is InChI=1S/C25H44NO4P3/c1-15(9-12-26-23(27-4)30-33)18-5-6-19-22-20(8-11-25(18,19)3)24(2)10-7-17(28-31)13-16(24)14-21(22)29-32/h14-20,22H,5-13,31-33H2,1-4H3/t15-,16+,17-,18?,19+,20+,22+,24+,25-/m1/s1. The lowest BCUT2D eigenvalue weighted by Crippen LogP contribution is -2.54. The summed E-state index contributed by atoms with van der Waals surface area (Å²) < 4.78 is 22.0. The molecule has 0 amide bonds. The van der Waals surface area contributed by atoms with Crippen molar-refractivity contribution >= 4 is 34.5 Å². The van der Waals surface area contributed by atoms with Crippen LogP contribution in [-0.2, 0) is 18.3 Å². The lowest BCUT2D eigenvalue weighted by molar-refractivity contribution is -0.0913. The van der Waals surface area contributed by atoms with Crippen LogP contribution in [0.15, 0.2) is 16.8 Å². The molecular formula is C25H44NO4P3. The first-order chi connectivity index (χ1) is 15.8. The first-order valence-corrected chi connectivity index (χ1v) is 14.1. The van der Waals surface area contributed by atoms with Crippen LogP contribution in [0.25, 0.3) is 0 Å². The number of hydrogen-bond donors (Lipinski definition) is 0. The Morgan fingerprint density at radius 2 is 1.82 bits per heavy atom. The fourth-order valence-corrected chi connectivity index (χ4v) is 9.21. The van der Waals surface area contributed by atoms with Crippen molar-refractivity contribution in [1.29, 1.82) is 0 Å². The van der Waals surface area contributed by atoms with E-state index in [1.165, 1.54) is 44.3 Å². The van der Waals surface area contributed by atoms with Crippen molar-refractivity contribution in [3.63, 3.8) is 0 Å². The molecule has 4 unspecified atom stereocenters. The number of ether oxygens (including phenoxy) is 1. The Bertz CT molecular complexity index is 758. The molecule has 0 N–H and O–H groups in total. The summed E-state index contributed by atoms with van der Waals surface area (Å²) in [5.41, 5.74) is 0.739. The van der Waals surface area contributed by atoms with Crippen LogP contribution in [-0.4, -0.2) is 25.8 Å². The van der Waals surface area contributed by atoms with Crippen LogP contribution in [0.4, 0.5) is 0 Å². The van der Waals surface area contributed by atoms with Gasteiger partial charge in [0, 0.05) is 21.9 Å². The number of hydrogen-bond acceptors (Lipinski definition) is 5. The topological polar surface area (TPSA) is 49.3 Å². The number of rotatable bonds is 6. The van der Waals surface area contributed by atoms with Gasteiger partial charge in [-0.25, -0.2) is 4.99 Å². The van der Waals surface area contributed by atoms with Crippen molar-refractivity contribution in [2.45, 2.75) is 78.2 Å². The van der Waals surface area contributed by atoms with Crippen LogP contribution in [0.5, 0.6) is 0 Å². The molecule has 0 aromatic carbocycles. The average molecular weight is 516 g/mol. The average Bonchev–Trinajstić information content (AvgIpc) is 3.18. The fourth-order valence-electron chi connectivity index (χ4n) is 8.56. The van der Waals surface area contributed by atoms with Crippen LogP contribution in [0.2, 0.25) is 0 Å². The molecule has 5 nitrogen and oxygen atoms in total. The van der Waals surface area contributed by atoms with E-state index in [9.17, 15) is 0 Å². The van der Waals surface area contributed by atoms with Gasteiger partial charge in [-0.3, -0.25) is 0 Å². The maximum atomic E-state index is 6.07. The molecule has 188 valence electrons. The van der Waals surface area contributed by atoms with E-state index in [4.69, 9.17) is 18.3 Å². The molecule has 4 aliphatic rings. The molecule has 0 spiro atoms. The molecule has 33 heavy (non-hydrogen) atoms. The Hall–Kier alpha value is 0.0600. The van der Waals surface area contributed by atoms with Gasteiger partial charge in [0.15, 0.2) is 0 Å². The third-order valence-electron chi connectivity index (χ3n) is 10.4. The second kappa shape index (κ2) is 10.6. The highest BCUT2D eigenvalue weighted by Crippen LogP contribution is 2.68. The van der Waals surface area contributed by atoms with Gasteiger partial charge in [-0.1, -0.05) is 20.8 Å². The minimum absolute atomic E-state index is 0.349. The zero-order valence-electron chi connectivity index (χ0n) is 20.8. The summed E-state index contributed by atoms with van der Waals surface area (Å²) in [6.45, 7) is 8.34. The lowest BCUT2D eigenvalue weighted by Gasteiger charge is -2.60. The predicted molar refractivity (Wildman–Crippen MR) is 143 cm³/mol. The highest BCUT2D eigenvalue weighted by molar-refractivity contribution is 7.10. The predicted octanol–water partition coefficient (Wildman–Crippen LogP) is 6.57. The van der Waals surface area contributed by atoms with Gasteiger partial charge in [-0.2, -0.15) is 0 Å². The van der Waals surface area contributed by atoms with E-state index < -0.39 is 0 Å². The minimum atomic E-state index is 0.349. The molecule has 0 aliphatic heterocycles. The number of methoxy groups -OCH3 is 1. The van der Waals surface area contributed by atoms with Crippen LogP contribution >= 0.6 is 28.4 Å². The van der Waals surface area contributed by atoms with Gasteiger partial charge in [-0.15, -0.1) is 0 Å². The molecule has 3 fully saturated rings. The maximum absolute atomic E-state index is 6.07. The van der Waals surface area contributed by atoms with E-state index in [-0.39, 0.29) is 0 Å². The molecule has 0 heterocycles. The quantitative estimate of drug-likeness (QED) is 0.228. The van der Waals surface area contributed by atoms with E-state index in [1.54, 1.807) is 7.11 Å². The van der Waals surface area contributed by atoms with E-state index in [0.29, 0.717) is 52.6 Å². The summed E-state index contributed by atoms with van der Waals surface area (Å²) in [4.78, 5) is 4.46. The van der Waals surface area contributed by atoms with Gasteiger partial charge in [0.1, 0.15) is 0 Å². The summed E-state index contributed by atoms with van der Waals surface area (Å²) in [5.74, 6) is 5.14. The van der Waals surface area contributed by atoms with Gasteiger partial charge in [0.05, 0.1) is 37.9 Å². The van der Waals surface area contributed by atoms with Crippen molar-refractivity contribution in [2.75, 3.05) is 13.7 Å². The van der Waals surface area contributed by atoms with Gasteiger partial charge in [0.2, 0.25) is 0 Å². The molecule has 12 atom stereocenters. The zero-order valence-corrected chi connectivity index (χ0v) is 24.3. The highest BCUT2D eigenvalue weighted by atomic mass is 31.0. The lowest BCUT2D eigenvalue weighted by atomic mass is 9.46. The van der Waals surface area contributed by atoms with Crippen LogP contribution in [0.1, 0.15) is 72.1 Å². The van der Waals surface area contributed by atoms with Crippen LogP contribution in [0.3, 0.4) is 0 Å². The Morgan fingerprint density at radius 3 is 2.48 bits per heavy atom. The number of aliphatic imine (C=N–C) groups is 1. The van der Waals surface area contributed by atoms with E-state index >= 15 is 0 Å². The minimum Gasteiger partial charge on any atom is -0.485 e. The Kier molecular flexibility index (Phi) is 8.38. The van der Waals surface area contributed by atoms with E-state index in [0.717, 1.165) is 25.3 Å². The van der Waals surface area contributed by atoms with Crippen molar-refractivity contribution in [1.82, 2.24) is 0 Å². The normalized spacial score (nSPS) is 43.6. The molecule has 0 aromatic rings. The first kappa shape index (κ1) is 26.1. The van der Waals surface area contributed by atoms with Crippen LogP contribution < -0.4 is 0 Å². The molecule has 0 radical (unpaired) electrons. The van der Waals surface area contributed by atoms with E-state index in [2.05, 4.69) is 60.2 Å². The molecular weight excluding hydrogens is 471 g/mol. The molecule has 0 saturated heterocycles. The summed E-state index contributed by atoms with van der Waals surface area (Å²) in [5, 5.41) is 0. The molecule has 4 rings (SSSR count). The van der Waals surface area contributed by atoms with Gasteiger partial charge in [0.25, 0.3) is 0 Å². The van der Waals surface area contributed by atoms with Crippen molar-refractivity contribution in [2.24, 2.45) is 51.3 Å². The Balaban J connectivity index is 1.54. The summed E-state index contributed by atoms with van der Waals surface area (Å²) in [6.07, 6.45) is 13.1. The second-order valence-corrected chi connectivity index (χ2v) is 12.3. The first-order valence-electron chi connectivity index (χ1n) is 12.7. The number of allylic oxidation sites excluding steroid dienone is 2. The Morgan fingerprint density at radius 1 is 1.09 bits per heavy atom. The summed E-state index contributed by atoms with van der Waals surface area (Å²) >= 11 is 0. The number of nitrogens with zero attached hydrogens (tertiary/aromatic N) is 1. The Labute approximate surface area is 207 Å². The van der Waals surface area contributed by atoms with Crippen LogP contribution in [0, 0.1) is 46.3 Å². The zero-order chi connectivity index (χ0) is 23.8. The highest BCUT2D eigenvalue weighted by Gasteiger charge is 2.61.